The van der Waals surface area contributed by atoms with Gasteiger partial charge in [0.25, 0.3) is 0 Å². The van der Waals surface area contributed by atoms with Crippen LogP contribution in [0.3, 0.4) is 0 Å². The van der Waals surface area contributed by atoms with Crippen molar-refractivity contribution >= 4 is 10.0 Å². The van der Waals surface area contributed by atoms with Gasteiger partial charge in [0.15, 0.2) is 0 Å². The summed E-state index contributed by atoms with van der Waals surface area (Å²) in [6.45, 7) is 4.97. The van der Waals surface area contributed by atoms with Crippen molar-refractivity contribution < 1.29 is 18.3 Å². The van der Waals surface area contributed by atoms with Crippen molar-refractivity contribution in [3.05, 3.63) is 11.4 Å². The van der Waals surface area contributed by atoms with E-state index in [1.807, 2.05) is 0 Å². The van der Waals surface area contributed by atoms with Gasteiger partial charge in [-0.15, -0.1) is 0 Å². The van der Waals surface area contributed by atoms with Crippen LogP contribution >= 0.6 is 0 Å². The number of rotatable bonds is 7. The van der Waals surface area contributed by atoms with Crippen LogP contribution in [0.25, 0.3) is 0 Å². The van der Waals surface area contributed by atoms with E-state index in [2.05, 4.69) is 9.82 Å². The molecular weight excluding hydrogens is 294 g/mol. The van der Waals surface area contributed by atoms with Crippen molar-refractivity contribution in [2.75, 3.05) is 19.8 Å². The minimum atomic E-state index is -3.59. The van der Waals surface area contributed by atoms with Gasteiger partial charge in [-0.1, -0.05) is 0 Å². The van der Waals surface area contributed by atoms with Crippen molar-refractivity contribution in [2.24, 2.45) is 0 Å². The van der Waals surface area contributed by atoms with E-state index in [-0.39, 0.29) is 17.6 Å². The Bertz CT molecular complexity index is 576. The van der Waals surface area contributed by atoms with E-state index in [4.69, 9.17) is 9.84 Å². The molecule has 0 aromatic carbocycles. The molecule has 1 aliphatic heterocycles. The van der Waals surface area contributed by atoms with E-state index in [0.717, 1.165) is 12.8 Å². The van der Waals surface area contributed by atoms with Gasteiger partial charge in [-0.25, -0.2) is 13.1 Å². The van der Waals surface area contributed by atoms with Crippen molar-refractivity contribution in [1.82, 2.24) is 14.5 Å². The fourth-order valence-corrected chi connectivity index (χ4v) is 4.06. The summed E-state index contributed by atoms with van der Waals surface area (Å²) < 4.78 is 34.6. The summed E-state index contributed by atoms with van der Waals surface area (Å²) in [6, 6.07) is 0. The van der Waals surface area contributed by atoms with Gasteiger partial charge in [-0.3, -0.25) is 4.68 Å². The molecule has 0 spiro atoms. The molecule has 120 valence electrons. The molecule has 0 saturated carbocycles. The summed E-state index contributed by atoms with van der Waals surface area (Å²) in [6.07, 6.45) is 2.37. The monoisotopic (exact) mass is 317 g/mol. The number of hydrogen-bond acceptors (Lipinski definition) is 5. The van der Waals surface area contributed by atoms with E-state index in [9.17, 15) is 8.42 Å². The smallest absolute Gasteiger partial charge is 0.244 e. The van der Waals surface area contributed by atoms with Gasteiger partial charge in [-0.05, 0) is 33.1 Å². The third kappa shape index (κ3) is 3.82. The van der Waals surface area contributed by atoms with Crippen molar-refractivity contribution in [1.29, 1.82) is 0 Å². The Morgan fingerprint density at radius 2 is 2.24 bits per heavy atom. The maximum absolute atomic E-state index is 12.4. The molecule has 1 aromatic rings. The first-order valence-electron chi connectivity index (χ1n) is 7.22. The molecule has 21 heavy (non-hydrogen) atoms. The zero-order valence-electron chi connectivity index (χ0n) is 12.5. The van der Waals surface area contributed by atoms with Gasteiger partial charge in [0.2, 0.25) is 10.0 Å². The highest BCUT2D eigenvalue weighted by molar-refractivity contribution is 7.89. The Kier molecular flexibility index (Phi) is 5.37. The number of aliphatic hydroxyl groups is 1. The van der Waals surface area contributed by atoms with E-state index in [1.54, 1.807) is 18.5 Å². The number of sulfonamides is 1. The lowest BCUT2D eigenvalue weighted by atomic mass is 10.2. The fourth-order valence-electron chi connectivity index (χ4n) is 2.59. The number of aryl methyl sites for hydroxylation is 2. The Labute approximate surface area is 125 Å². The topological polar surface area (TPSA) is 93.5 Å². The number of nitrogens with zero attached hydrogens (tertiary/aromatic N) is 2. The van der Waals surface area contributed by atoms with E-state index < -0.39 is 10.0 Å². The number of aliphatic hydroxyl groups excluding tert-OH is 1. The molecule has 2 N–H and O–H groups in total. The molecule has 1 aliphatic rings. The summed E-state index contributed by atoms with van der Waals surface area (Å²) in [7, 11) is -3.59. The SMILES string of the molecule is Cc1nn(CCCO)c(C)c1S(=O)(=O)NCC1CCCO1. The zero-order chi connectivity index (χ0) is 15.5. The number of nitrogens with one attached hydrogen (secondary N) is 1. The molecule has 1 fully saturated rings. The van der Waals surface area contributed by atoms with E-state index in [0.29, 0.717) is 37.5 Å². The van der Waals surface area contributed by atoms with Crippen LogP contribution < -0.4 is 4.72 Å². The summed E-state index contributed by atoms with van der Waals surface area (Å²) in [4.78, 5) is 0.235. The summed E-state index contributed by atoms with van der Waals surface area (Å²) in [5, 5.41) is 13.1. The lowest BCUT2D eigenvalue weighted by Crippen LogP contribution is -2.32. The number of ether oxygens (including phenoxy) is 1. The molecule has 1 atom stereocenters. The highest BCUT2D eigenvalue weighted by atomic mass is 32.2. The first-order valence-corrected chi connectivity index (χ1v) is 8.70. The van der Waals surface area contributed by atoms with Gasteiger partial charge in [0.1, 0.15) is 4.90 Å². The third-order valence-electron chi connectivity index (χ3n) is 3.64. The Hall–Kier alpha value is -0.960. The lowest BCUT2D eigenvalue weighted by Gasteiger charge is -2.11. The second kappa shape index (κ2) is 6.87. The van der Waals surface area contributed by atoms with Gasteiger partial charge in [0.05, 0.1) is 17.5 Å². The van der Waals surface area contributed by atoms with Gasteiger partial charge < -0.3 is 9.84 Å². The second-order valence-electron chi connectivity index (χ2n) is 5.29. The van der Waals surface area contributed by atoms with Crippen LogP contribution in [0.2, 0.25) is 0 Å². The fraction of sp³-hybridized carbons (Fsp3) is 0.769. The van der Waals surface area contributed by atoms with Gasteiger partial charge >= 0.3 is 0 Å². The minimum absolute atomic E-state index is 0.0372. The molecule has 2 heterocycles. The quantitative estimate of drug-likeness (QED) is 0.756. The summed E-state index contributed by atoms with van der Waals surface area (Å²) in [5.41, 5.74) is 1.08. The molecular formula is C13H23N3O4S. The Morgan fingerprint density at radius 3 is 2.86 bits per heavy atom. The molecule has 0 aliphatic carbocycles. The first kappa shape index (κ1) is 16.4. The minimum Gasteiger partial charge on any atom is -0.396 e. The summed E-state index contributed by atoms with van der Waals surface area (Å²) in [5.74, 6) is 0. The predicted molar refractivity (Wildman–Crippen MR) is 77.6 cm³/mol. The highest BCUT2D eigenvalue weighted by Crippen LogP contribution is 2.20. The van der Waals surface area contributed by atoms with Crippen LogP contribution in [-0.4, -0.2) is 49.2 Å². The van der Waals surface area contributed by atoms with Crippen LogP contribution in [0.5, 0.6) is 0 Å². The van der Waals surface area contributed by atoms with Gasteiger partial charge in [0, 0.05) is 26.3 Å². The van der Waals surface area contributed by atoms with Gasteiger partial charge in [-0.2, -0.15) is 5.10 Å². The number of hydrogen-bond donors (Lipinski definition) is 2. The van der Waals surface area contributed by atoms with Crippen LogP contribution in [-0.2, 0) is 21.3 Å². The van der Waals surface area contributed by atoms with Crippen molar-refractivity contribution in [2.45, 2.75) is 50.7 Å². The van der Waals surface area contributed by atoms with Crippen LogP contribution in [0, 0.1) is 13.8 Å². The highest BCUT2D eigenvalue weighted by Gasteiger charge is 2.26. The second-order valence-corrected chi connectivity index (χ2v) is 6.99. The normalized spacial score (nSPS) is 19.3. The zero-order valence-corrected chi connectivity index (χ0v) is 13.3. The molecule has 7 nitrogen and oxygen atoms in total. The average Bonchev–Trinajstić information content (AvgIpc) is 3.03. The predicted octanol–water partition coefficient (Wildman–Crippen LogP) is 0.340. The lowest BCUT2D eigenvalue weighted by molar-refractivity contribution is 0.114. The third-order valence-corrected chi connectivity index (χ3v) is 5.31. The molecule has 1 saturated heterocycles. The average molecular weight is 317 g/mol. The van der Waals surface area contributed by atoms with Crippen molar-refractivity contribution in [3.8, 4) is 0 Å². The van der Waals surface area contributed by atoms with Crippen LogP contribution in [0.15, 0.2) is 4.90 Å². The standard InChI is InChI=1S/C13H23N3O4S/c1-10-13(11(2)16(15-10)6-4-7-17)21(18,19)14-9-12-5-3-8-20-12/h12,14,17H,3-9H2,1-2H3. The number of aromatic nitrogens is 2. The largest absolute Gasteiger partial charge is 0.396 e. The van der Waals surface area contributed by atoms with E-state index >= 15 is 0 Å². The Morgan fingerprint density at radius 1 is 1.48 bits per heavy atom. The molecule has 2 rings (SSSR count). The molecule has 1 unspecified atom stereocenters. The molecule has 0 bridgehead atoms. The maximum Gasteiger partial charge on any atom is 0.244 e. The van der Waals surface area contributed by atoms with Crippen molar-refractivity contribution in [3.63, 3.8) is 0 Å². The molecule has 8 heteroatoms. The molecule has 1 aromatic heterocycles. The summed E-state index contributed by atoms with van der Waals surface area (Å²) >= 11 is 0. The first-order chi connectivity index (χ1) is 9.95. The Balaban J connectivity index is 2.13. The molecule has 0 radical (unpaired) electrons. The van der Waals surface area contributed by atoms with E-state index in [1.165, 1.54) is 0 Å². The molecule has 0 amide bonds. The van der Waals surface area contributed by atoms with Crippen LogP contribution in [0.1, 0.15) is 30.7 Å². The maximum atomic E-state index is 12.4. The van der Waals surface area contributed by atoms with Crippen LogP contribution in [0.4, 0.5) is 0 Å².